The van der Waals surface area contributed by atoms with Crippen LogP contribution in [-0.2, 0) is 106 Å². The number of carbonyl (C=O) groups is 8. The molecule has 4 aromatic rings. The maximum atomic E-state index is 15.1. The first kappa shape index (κ1) is 73.3. The summed E-state index contributed by atoms with van der Waals surface area (Å²) in [5.41, 5.74) is 4.64. The van der Waals surface area contributed by atoms with Crippen molar-refractivity contribution in [2.75, 3.05) is 28.2 Å². The van der Waals surface area contributed by atoms with Crippen LogP contribution in [0.5, 0.6) is 0 Å². The number of cyclic esters (lactones) is 4. The number of esters is 4. The molecule has 496 valence electrons. The highest BCUT2D eigenvalue weighted by Gasteiger charge is 2.43. The van der Waals surface area contributed by atoms with E-state index in [1.165, 1.54) is 42.0 Å². The van der Waals surface area contributed by atoms with E-state index >= 15 is 9.59 Å². The number of ether oxygens (including phenoxy) is 6. The number of nitrogens with zero attached hydrogens (tertiary/aromatic N) is 8. The van der Waals surface area contributed by atoms with E-state index in [0.29, 0.717) is 37.4 Å². The Bertz CT molecular complexity index is 2990. The molecule has 0 radical (unpaired) electrons. The molecule has 2 aromatic carbocycles. The Kier molecular flexibility index (Phi) is 27.8. The summed E-state index contributed by atoms with van der Waals surface area (Å²) in [6.45, 7) is 27.0. The molecule has 22 nitrogen and oxygen atoms in total. The second-order valence-electron chi connectivity index (χ2n) is 26.1. The molecule has 8 atom stereocenters. The summed E-state index contributed by atoms with van der Waals surface area (Å²) in [6, 6.07) is 13.3. The fourth-order valence-corrected chi connectivity index (χ4v) is 10.5. The minimum Gasteiger partial charge on any atom is -0.451 e. The first-order valence-corrected chi connectivity index (χ1v) is 31.6. The van der Waals surface area contributed by atoms with Crippen LogP contribution >= 0.6 is 0 Å². The van der Waals surface area contributed by atoms with E-state index in [4.69, 9.17) is 28.4 Å². The third kappa shape index (κ3) is 21.6. The fourth-order valence-electron chi connectivity index (χ4n) is 10.5. The molecule has 0 bridgehead atoms. The summed E-state index contributed by atoms with van der Waals surface area (Å²) in [5, 5.41) is 9.10. The zero-order valence-corrected chi connectivity index (χ0v) is 56.4. The van der Waals surface area contributed by atoms with Crippen LogP contribution in [0.25, 0.3) is 0 Å². The van der Waals surface area contributed by atoms with Crippen molar-refractivity contribution in [3.05, 3.63) is 107 Å². The second kappa shape index (κ2) is 34.1. The van der Waals surface area contributed by atoms with Crippen molar-refractivity contribution in [2.24, 2.45) is 23.7 Å². The first-order valence-electron chi connectivity index (χ1n) is 31.6. The number of rotatable bonds is 22. The molecular formula is C68H100N8O14. The largest absolute Gasteiger partial charge is 0.451 e. The van der Waals surface area contributed by atoms with Gasteiger partial charge in [0.15, 0.2) is 24.4 Å². The van der Waals surface area contributed by atoms with Gasteiger partial charge in [-0.05, 0) is 125 Å². The Hall–Kier alpha value is -7.46. The summed E-state index contributed by atoms with van der Waals surface area (Å²) in [6.07, 6.45) is -2.50. The molecule has 0 N–H and O–H groups in total. The van der Waals surface area contributed by atoms with Gasteiger partial charge in [0, 0.05) is 53.4 Å². The van der Waals surface area contributed by atoms with Crippen LogP contribution in [0.3, 0.4) is 0 Å². The molecule has 5 rings (SSSR count). The predicted octanol–water partition coefficient (Wildman–Crippen LogP) is 8.00. The fraction of sp³-hybridized carbons (Fsp3) is 0.618. The van der Waals surface area contributed by atoms with Gasteiger partial charge in [-0.15, -0.1) is 0 Å². The van der Waals surface area contributed by atoms with Crippen molar-refractivity contribution in [3.8, 4) is 0 Å². The Morgan fingerprint density at radius 1 is 0.433 bits per heavy atom. The molecule has 0 saturated carbocycles. The Balaban J connectivity index is 1.56. The van der Waals surface area contributed by atoms with Gasteiger partial charge in [-0.25, -0.2) is 19.2 Å². The Labute approximate surface area is 532 Å². The lowest BCUT2D eigenvalue weighted by Crippen LogP contribution is -2.55. The molecular weight excluding hydrogens is 1150 g/mol. The normalized spacial score (nSPS) is 22.1. The lowest BCUT2D eigenvalue weighted by atomic mass is 9.99. The van der Waals surface area contributed by atoms with Gasteiger partial charge in [-0.1, -0.05) is 104 Å². The number of hydrogen-bond donors (Lipinski definition) is 0. The van der Waals surface area contributed by atoms with E-state index < -0.39 is 96.1 Å². The molecule has 4 amide bonds. The van der Waals surface area contributed by atoms with Crippen molar-refractivity contribution in [2.45, 2.75) is 223 Å². The zero-order chi connectivity index (χ0) is 66.8. The monoisotopic (exact) mass is 1250 g/mol. The molecule has 0 spiro atoms. The molecule has 3 heterocycles. The van der Waals surface area contributed by atoms with Crippen molar-refractivity contribution < 1.29 is 66.8 Å². The summed E-state index contributed by atoms with van der Waals surface area (Å²) >= 11 is 0. The van der Waals surface area contributed by atoms with Crippen molar-refractivity contribution >= 4 is 47.5 Å². The average molecular weight is 1250 g/mol. The number of amides is 4. The first-order chi connectivity index (χ1) is 42.3. The highest BCUT2D eigenvalue weighted by Crippen LogP contribution is 2.25. The second-order valence-corrected chi connectivity index (χ2v) is 26.1. The topological polar surface area (TPSA) is 241 Å². The summed E-state index contributed by atoms with van der Waals surface area (Å²) in [4.78, 5) is 123. The van der Waals surface area contributed by atoms with E-state index in [1.54, 1.807) is 35.1 Å². The van der Waals surface area contributed by atoms with E-state index in [1.807, 2.05) is 130 Å². The van der Waals surface area contributed by atoms with Crippen molar-refractivity contribution in [3.63, 3.8) is 0 Å². The number of likely N-dealkylation sites (N-methyl/N-ethyl adjacent to an activating group) is 4. The number of carbonyl (C=O) groups excluding carboxylic acids is 8. The predicted molar refractivity (Wildman–Crippen MR) is 338 cm³/mol. The third-order valence-corrected chi connectivity index (χ3v) is 15.7. The number of aromatic nitrogens is 4. The van der Waals surface area contributed by atoms with Crippen LogP contribution in [-0.4, -0.2) is 176 Å². The lowest BCUT2D eigenvalue weighted by molar-refractivity contribution is -0.176. The lowest BCUT2D eigenvalue weighted by Gasteiger charge is -2.35. The molecule has 0 aliphatic carbocycles. The van der Waals surface area contributed by atoms with Crippen molar-refractivity contribution in [1.82, 2.24) is 39.2 Å². The van der Waals surface area contributed by atoms with E-state index in [-0.39, 0.29) is 74.4 Å². The van der Waals surface area contributed by atoms with Gasteiger partial charge < -0.3 is 48.0 Å². The average Bonchev–Trinajstić information content (AvgIpc) is 1.37. The van der Waals surface area contributed by atoms with Crippen LogP contribution in [0, 0.1) is 23.7 Å². The van der Waals surface area contributed by atoms with Gasteiger partial charge >= 0.3 is 23.9 Å². The summed E-state index contributed by atoms with van der Waals surface area (Å²) < 4.78 is 39.6. The van der Waals surface area contributed by atoms with E-state index in [2.05, 4.69) is 10.2 Å². The highest BCUT2D eigenvalue weighted by molar-refractivity contribution is 5.94. The maximum Gasteiger partial charge on any atom is 0.329 e. The molecule has 90 heavy (non-hydrogen) atoms. The van der Waals surface area contributed by atoms with Crippen LogP contribution < -0.4 is 0 Å². The zero-order valence-electron chi connectivity index (χ0n) is 56.4. The Morgan fingerprint density at radius 2 is 0.778 bits per heavy atom. The van der Waals surface area contributed by atoms with Gasteiger partial charge in [0.05, 0.1) is 49.9 Å². The molecule has 22 heteroatoms. The standard InChI is InChI=1S/C68H100N8O14/c1-41(2)31-55-65(81)87-48(14)62(78)72(16)58(34-44(7)8)68(84)90-60(36-50-21-25-52(26-22-50)38-76-54(27-29-69-76)40-86-46(11)12)64(80)74(18)56(32-42(3)4)66(82)88-47(13)61(77)71(15)57(33-43(5)6)67(83)89-59(63(79)73(55)17)35-49-19-23-51(24-20-49)37-75-30-28-53(70-75)39-85-45(9)10/h19-30,41-48,55-60H,31-40H2,1-18H3/t47-,48-,55+,56+,57+,58+,59-,60-/m1/s1. The van der Waals surface area contributed by atoms with Gasteiger partial charge in [-0.3, -0.25) is 28.5 Å². The SMILES string of the molecule is CC(C)C[C@H]1C(=O)O[C@H](Cc2ccc(Cn3nccc3COC(C)C)cc2)C(=O)N(C)[C@@H](CC(C)C)C(=O)O[C@H](C)C(=O)N(C)[C@@H](CC(C)C)C(=O)O[C@H](Cc2ccc(Cn3ccc(COC(C)C)n3)cc2)C(=O)N(C)[C@@H](CC(C)C)C(=O)O[C@H](C)C(=O)N1C. The Morgan fingerprint density at radius 3 is 1.16 bits per heavy atom. The third-order valence-electron chi connectivity index (χ3n) is 15.7. The number of hydrogen-bond acceptors (Lipinski definition) is 16. The van der Waals surface area contributed by atoms with Crippen LogP contribution in [0.1, 0.15) is 156 Å². The number of benzene rings is 2. The van der Waals surface area contributed by atoms with E-state index in [9.17, 15) is 28.8 Å². The summed E-state index contributed by atoms with van der Waals surface area (Å²) in [5.74, 6) is -7.55. The minimum absolute atomic E-state index is 0.0217. The quantitative estimate of drug-likeness (QED) is 0.0535. The molecule has 1 aliphatic heterocycles. The molecule has 0 unspecified atom stereocenters. The van der Waals surface area contributed by atoms with Crippen LogP contribution in [0.15, 0.2) is 73.1 Å². The van der Waals surface area contributed by atoms with Crippen LogP contribution in [0.4, 0.5) is 0 Å². The van der Waals surface area contributed by atoms with Crippen molar-refractivity contribution in [1.29, 1.82) is 0 Å². The van der Waals surface area contributed by atoms with Gasteiger partial charge in [0.2, 0.25) is 0 Å². The van der Waals surface area contributed by atoms with Gasteiger partial charge in [-0.2, -0.15) is 10.2 Å². The van der Waals surface area contributed by atoms with Crippen LogP contribution in [0.2, 0.25) is 0 Å². The minimum atomic E-state index is -1.56. The van der Waals surface area contributed by atoms with E-state index in [0.717, 1.165) is 42.1 Å². The van der Waals surface area contributed by atoms with Gasteiger partial charge in [0.1, 0.15) is 24.2 Å². The molecule has 2 aromatic heterocycles. The highest BCUT2D eigenvalue weighted by atomic mass is 16.6. The molecule has 1 fully saturated rings. The summed E-state index contributed by atoms with van der Waals surface area (Å²) in [7, 11) is 5.57. The molecule has 1 aliphatic rings. The maximum absolute atomic E-state index is 15.1. The molecule has 1 saturated heterocycles. The smallest absolute Gasteiger partial charge is 0.329 e. The van der Waals surface area contributed by atoms with Gasteiger partial charge in [0.25, 0.3) is 23.6 Å².